The minimum atomic E-state index is 0.110. The summed E-state index contributed by atoms with van der Waals surface area (Å²) in [7, 11) is 0. The van der Waals surface area contributed by atoms with Gasteiger partial charge in [-0.2, -0.15) is 5.10 Å². The molecule has 1 amide bonds. The van der Waals surface area contributed by atoms with Crippen LogP contribution in [0, 0.1) is 17.8 Å². The lowest BCUT2D eigenvalue weighted by atomic mass is 10.0. The van der Waals surface area contributed by atoms with E-state index in [-0.39, 0.29) is 11.8 Å². The van der Waals surface area contributed by atoms with Crippen molar-refractivity contribution in [2.45, 2.75) is 32.6 Å². The van der Waals surface area contributed by atoms with E-state index in [0.717, 1.165) is 15.7 Å². The minimum Gasteiger partial charge on any atom is -0.273 e. The van der Waals surface area contributed by atoms with E-state index in [1.807, 2.05) is 31.2 Å². The maximum Gasteiger partial charge on any atom is 0.243 e. The van der Waals surface area contributed by atoms with Crippen LogP contribution in [-0.2, 0) is 4.79 Å². The summed E-state index contributed by atoms with van der Waals surface area (Å²) in [6.07, 6.45) is 5.01. The van der Waals surface area contributed by atoms with E-state index < -0.39 is 0 Å². The van der Waals surface area contributed by atoms with Crippen LogP contribution in [0.25, 0.3) is 0 Å². The van der Waals surface area contributed by atoms with Crippen LogP contribution < -0.4 is 5.43 Å². The van der Waals surface area contributed by atoms with Gasteiger partial charge in [-0.15, -0.1) is 0 Å². The van der Waals surface area contributed by atoms with Gasteiger partial charge in [-0.3, -0.25) is 4.79 Å². The molecule has 0 bridgehead atoms. The second kappa shape index (κ2) is 5.68. The average molecular weight is 335 g/mol. The molecule has 4 heteroatoms. The van der Waals surface area contributed by atoms with Gasteiger partial charge in [-0.1, -0.05) is 40.9 Å². The quantitative estimate of drug-likeness (QED) is 0.664. The van der Waals surface area contributed by atoms with Crippen molar-refractivity contribution in [3.05, 3.63) is 34.3 Å². The monoisotopic (exact) mass is 334 g/mol. The first-order valence-corrected chi connectivity index (χ1v) is 8.06. The molecule has 20 heavy (non-hydrogen) atoms. The fourth-order valence-electron chi connectivity index (χ4n) is 3.35. The number of benzene rings is 1. The first-order valence-electron chi connectivity index (χ1n) is 7.27. The molecule has 0 saturated heterocycles. The molecule has 0 radical (unpaired) electrons. The average Bonchev–Trinajstić information content (AvgIpc) is 3.19. The highest BCUT2D eigenvalue weighted by Crippen LogP contribution is 2.55. The van der Waals surface area contributed by atoms with Crippen molar-refractivity contribution in [3.63, 3.8) is 0 Å². The molecule has 3 nitrogen and oxygen atoms in total. The third-order valence-electron chi connectivity index (χ3n) is 4.56. The lowest BCUT2D eigenvalue weighted by Gasteiger charge is -2.04. The Balaban J connectivity index is 1.59. The predicted octanol–water partition coefficient (Wildman–Crippen LogP) is 3.73. The molecule has 0 spiro atoms. The summed E-state index contributed by atoms with van der Waals surface area (Å²) in [5, 5.41) is 4.24. The predicted molar refractivity (Wildman–Crippen MR) is 83.4 cm³/mol. The van der Waals surface area contributed by atoms with Gasteiger partial charge < -0.3 is 0 Å². The SMILES string of the molecule is CC(=NNC(=O)C1C2CCCCC21)c1ccc(Br)cc1. The minimum absolute atomic E-state index is 0.110. The zero-order chi connectivity index (χ0) is 14.1. The summed E-state index contributed by atoms with van der Waals surface area (Å²) < 4.78 is 1.04. The number of carbonyl (C=O) groups is 1. The lowest BCUT2D eigenvalue weighted by Crippen LogP contribution is -2.22. The maximum atomic E-state index is 12.1. The molecule has 0 heterocycles. The number of rotatable bonds is 3. The van der Waals surface area contributed by atoms with Gasteiger partial charge in [0.2, 0.25) is 5.91 Å². The number of halogens is 1. The van der Waals surface area contributed by atoms with Gasteiger partial charge in [-0.05, 0) is 49.3 Å². The Morgan fingerprint density at radius 1 is 1.20 bits per heavy atom. The van der Waals surface area contributed by atoms with Gasteiger partial charge in [0.25, 0.3) is 0 Å². The van der Waals surface area contributed by atoms with Gasteiger partial charge in [0.05, 0.1) is 5.71 Å². The molecule has 2 aliphatic rings. The Morgan fingerprint density at radius 2 is 1.80 bits per heavy atom. The highest BCUT2D eigenvalue weighted by molar-refractivity contribution is 9.10. The lowest BCUT2D eigenvalue weighted by molar-refractivity contribution is -0.122. The van der Waals surface area contributed by atoms with Gasteiger partial charge in [0.1, 0.15) is 0 Å². The summed E-state index contributed by atoms with van der Waals surface area (Å²) in [6, 6.07) is 7.94. The number of nitrogens with zero attached hydrogens (tertiary/aromatic N) is 1. The molecule has 1 aromatic carbocycles. The molecule has 106 valence electrons. The molecule has 3 rings (SSSR count). The zero-order valence-electron chi connectivity index (χ0n) is 11.6. The molecule has 2 atom stereocenters. The van der Waals surface area contributed by atoms with E-state index in [4.69, 9.17) is 0 Å². The topological polar surface area (TPSA) is 41.5 Å². The van der Waals surface area contributed by atoms with E-state index in [0.29, 0.717) is 11.8 Å². The number of fused-ring (bicyclic) bond motifs is 1. The molecule has 1 N–H and O–H groups in total. The molecule has 2 aliphatic carbocycles. The van der Waals surface area contributed by atoms with E-state index in [1.54, 1.807) is 0 Å². The molecule has 0 aromatic heterocycles. The molecule has 2 fully saturated rings. The van der Waals surface area contributed by atoms with Crippen LogP contribution in [0.3, 0.4) is 0 Å². The van der Waals surface area contributed by atoms with Crippen molar-refractivity contribution < 1.29 is 4.79 Å². The Hall–Kier alpha value is -1.16. The molecular formula is C16H19BrN2O. The molecule has 1 aromatic rings. The molecule has 0 aliphatic heterocycles. The molecule has 2 saturated carbocycles. The normalized spacial score (nSPS) is 28.7. The highest BCUT2D eigenvalue weighted by atomic mass is 79.9. The summed E-state index contributed by atoms with van der Waals surface area (Å²) in [4.78, 5) is 12.1. The van der Waals surface area contributed by atoms with Crippen LogP contribution in [0.15, 0.2) is 33.8 Å². The van der Waals surface area contributed by atoms with E-state index in [2.05, 4.69) is 26.5 Å². The fraction of sp³-hybridized carbons (Fsp3) is 0.500. The molecule has 2 unspecified atom stereocenters. The largest absolute Gasteiger partial charge is 0.273 e. The van der Waals surface area contributed by atoms with Crippen molar-refractivity contribution in [3.8, 4) is 0 Å². The highest BCUT2D eigenvalue weighted by Gasteiger charge is 2.54. The summed E-state index contributed by atoms with van der Waals surface area (Å²) >= 11 is 3.41. The van der Waals surface area contributed by atoms with E-state index >= 15 is 0 Å². The van der Waals surface area contributed by atoms with E-state index in [1.165, 1.54) is 25.7 Å². The second-order valence-corrected chi connectivity index (χ2v) is 6.73. The van der Waals surface area contributed by atoms with Crippen LogP contribution >= 0.6 is 15.9 Å². The van der Waals surface area contributed by atoms with Crippen molar-refractivity contribution in [2.75, 3.05) is 0 Å². The Kier molecular flexibility index (Phi) is 3.92. The third-order valence-corrected chi connectivity index (χ3v) is 5.08. The van der Waals surface area contributed by atoms with Gasteiger partial charge in [0, 0.05) is 10.4 Å². The number of hydrogen-bond acceptors (Lipinski definition) is 2. The summed E-state index contributed by atoms with van der Waals surface area (Å²) in [5.41, 5.74) is 4.62. The summed E-state index contributed by atoms with van der Waals surface area (Å²) in [6.45, 7) is 1.92. The van der Waals surface area contributed by atoms with Crippen molar-refractivity contribution >= 4 is 27.5 Å². The second-order valence-electron chi connectivity index (χ2n) is 5.82. The Bertz CT molecular complexity index is 526. The van der Waals surface area contributed by atoms with Crippen LogP contribution in [0.1, 0.15) is 38.2 Å². The van der Waals surface area contributed by atoms with Crippen molar-refractivity contribution in [1.82, 2.24) is 5.43 Å². The number of amides is 1. The standard InChI is InChI=1S/C16H19BrN2O/c1-10(11-6-8-12(17)9-7-11)18-19-16(20)15-13-4-2-3-5-14(13)15/h6-9,13-15H,2-5H2,1H3,(H,19,20). The van der Waals surface area contributed by atoms with Crippen molar-refractivity contribution in [1.29, 1.82) is 0 Å². The Labute approximate surface area is 128 Å². The zero-order valence-corrected chi connectivity index (χ0v) is 13.2. The van der Waals surface area contributed by atoms with Gasteiger partial charge in [-0.25, -0.2) is 5.43 Å². The fourth-order valence-corrected chi connectivity index (χ4v) is 3.61. The van der Waals surface area contributed by atoms with E-state index in [9.17, 15) is 4.79 Å². The smallest absolute Gasteiger partial charge is 0.243 e. The van der Waals surface area contributed by atoms with Crippen molar-refractivity contribution in [2.24, 2.45) is 22.9 Å². The number of hydrazone groups is 1. The first kappa shape index (κ1) is 13.8. The Morgan fingerprint density at radius 3 is 2.40 bits per heavy atom. The first-order chi connectivity index (χ1) is 9.66. The van der Waals surface area contributed by atoms with Gasteiger partial charge in [0.15, 0.2) is 0 Å². The van der Waals surface area contributed by atoms with Crippen LogP contribution in [0.5, 0.6) is 0 Å². The summed E-state index contributed by atoms with van der Waals surface area (Å²) in [5.74, 6) is 1.59. The van der Waals surface area contributed by atoms with Crippen LogP contribution in [0.2, 0.25) is 0 Å². The maximum absolute atomic E-state index is 12.1. The number of hydrogen-bond donors (Lipinski definition) is 1. The molecular weight excluding hydrogens is 316 g/mol. The number of nitrogens with one attached hydrogen (secondary N) is 1. The third kappa shape index (κ3) is 2.80. The van der Waals surface area contributed by atoms with Crippen LogP contribution in [-0.4, -0.2) is 11.6 Å². The van der Waals surface area contributed by atoms with Crippen LogP contribution in [0.4, 0.5) is 0 Å². The number of carbonyl (C=O) groups excluding carboxylic acids is 1. The van der Waals surface area contributed by atoms with Gasteiger partial charge >= 0.3 is 0 Å².